The molecule has 2 aromatic heterocycles. The Labute approximate surface area is 242 Å². The van der Waals surface area contributed by atoms with Gasteiger partial charge in [0.2, 0.25) is 0 Å². The molecule has 1 saturated heterocycles. The van der Waals surface area contributed by atoms with Crippen molar-refractivity contribution in [1.29, 1.82) is 0 Å². The van der Waals surface area contributed by atoms with Crippen molar-refractivity contribution in [2.24, 2.45) is 0 Å². The summed E-state index contributed by atoms with van der Waals surface area (Å²) in [6, 6.07) is 18.4. The topological polar surface area (TPSA) is 116 Å². The summed E-state index contributed by atoms with van der Waals surface area (Å²) in [5.41, 5.74) is 4.04. The van der Waals surface area contributed by atoms with Crippen LogP contribution in [0.3, 0.4) is 0 Å². The van der Waals surface area contributed by atoms with Crippen LogP contribution in [0.5, 0.6) is 0 Å². The second kappa shape index (κ2) is 12.1. The molecule has 216 valence electrons. The van der Waals surface area contributed by atoms with Gasteiger partial charge < -0.3 is 20.2 Å². The lowest BCUT2D eigenvalue weighted by atomic mass is 10.1. The highest BCUT2D eigenvalue weighted by Crippen LogP contribution is 2.40. The lowest BCUT2D eigenvalue weighted by Gasteiger charge is -2.33. The molecular formula is C31H32FN7O3. The maximum absolute atomic E-state index is 13.7. The molecule has 0 unspecified atom stereocenters. The van der Waals surface area contributed by atoms with Gasteiger partial charge in [0, 0.05) is 61.8 Å². The molecule has 3 heterocycles. The number of aromatic nitrogens is 4. The number of carbonyl (C=O) groups is 1. The van der Waals surface area contributed by atoms with Crippen molar-refractivity contribution in [3.8, 4) is 16.9 Å². The highest BCUT2D eigenvalue weighted by atomic mass is 19.1. The van der Waals surface area contributed by atoms with E-state index < -0.39 is 6.09 Å². The molecule has 1 aliphatic carbocycles. The molecular weight excluding hydrogens is 537 g/mol. The van der Waals surface area contributed by atoms with E-state index >= 15 is 0 Å². The number of hydrogen-bond acceptors (Lipinski definition) is 7. The van der Waals surface area contributed by atoms with Crippen molar-refractivity contribution >= 4 is 11.9 Å². The highest BCUT2D eigenvalue weighted by molar-refractivity contribution is 5.65. The minimum atomic E-state index is -0.957. The Kier molecular flexibility index (Phi) is 7.91. The van der Waals surface area contributed by atoms with E-state index in [4.69, 9.17) is 4.98 Å². The SMILES string of the molecule is O=C(O)N1CCN(c2nc(CCCN[C@@H]3C[C@H]3c3ccc(F)cc3)cn(-c3ccc(-c4cccnn4)cc3)c2=O)CC1. The molecule has 1 amide bonds. The van der Waals surface area contributed by atoms with Crippen LogP contribution in [0.25, 0.3) is 16.9 Å². The maximum atomic E-state index is 13.7. The fourth-order valence-corrected chi connectivity index (χ4v) is 5.46. The summed E-state index contributed by atoms with van der Waals surface area (Å²) in [7, 11) is 0. The number of hydrogen-bond donors (Lipinski definition) is 2. The Hall–Kier alpha value is -4.64. The molecule has 0 spiro atoms. The molecule has 6 rings (SSSR count). The van der Waals surface area contributed by atoms with Gasteiger partial charge in [-0.25, -0.2) is 14.2 Å². The van der Waals surface area contributed by atoms with Crippen molar-refractivity contribution in [1.82, 2.24) is 30.0 Å². The van der Waals surface area contributed by atoms with Gasteiger partial charge in [-0.1, -0.05) is 24.3 Å². The Balaban J connectivity index is 1.18. The Bertz CT molecular complexity index is 1590. The molecule has 2 fully saturated rings. The Morgan fingerprint density at radius 1 is 1.02 bits per heavy atom. The van der Waals surface area contributed by atoms with Crippen LogP contribution in [0.2, 0.25) is 0 Å². The molecule has 1 aliphatic heterocycles. The third-order valence-corrected chi connectivity index (χ3v) is 7.91. The van der Waals surface area contributed by atoms with Gasteiger partial charge in [-0.15, -0.1) is 0 Å². The average molecular weight is 570 g/mol. The summed E-state index contributed by atoms with van der Waals surface area (Å²) in [5.74, 6) is 0.524. The first kappa shape index (κ1) is 27.5. The monoisotopic (exact) mass is 569 g/mol. The summed E-state index contributed by atoms with van der Waals surface area (Å²) >= 11 is 0. The van der Waals surface area contributed by atoms with Crippen LogP contribution in [-0.2, 0) is 6.42 Å². The van der Waals surface area contributed by atoms with Crippen LogP contribution in [0.4, 0.5) is 15.0 Å². The zero-order valence-corrected chi connectivity index (χ0v) is 23.1. The third-order valence-electron chi connectivity index (χ3n) is 7.91. The molecule has 10 nitrogen and oxygen atoms in total. The predicted molar refractivity (Wildman–Crippen MR) is 157 cm³/mol. The molecule has 0 radical (unpaired) electrons. The zero-order valence-electron chi connectivity index (χ0n) is 23.1. The number of rotatable bonds is 9. The van der Waals surface area contributed by atoms with Gasteiger partial charge in [0.25, 0.3) is 5.56 Å². The molecule has 4 aromatic rings. The van der Waals surface area contributed by atoms with Gasteiger partial charge in [0.15, 0.2) is 5.82 Å². The number of piperazine rings is 1. The van der Waals surface area contributed by atoms with Gasteiger partial charge >= 0.3 is 6.09 Å². The molecule has 11 heteroatoms. The quantitative estimate of drug-likeness (QED) is 0.293. The first-order valence-corrected chi connectivity index (χ1v) is 14.2. The van der Waals surface area contributed by atoms with Gasteiger partial charge in [-0.05, 0) is 67.8 Å². The number of amides is 1. The van der Waals surface area contributed by atoms with Gasteiger partial charge in [0.1, 0.15) is 5.82 Å². The van der Waals surface area contributed by atoms with E-state index in [1.54, 1.807) is 17.0 Å². The Morgan fingerprint density at radius 2 is 1.79 bits per heavy atom. The number of carboxylic acid groups (broad SMARTS) is 1. The number of anilines is 1. The molecule has 2 atom stereocenters. The average Bonchev–Trinajstić information content (AvgIpc) is 3.80. The lowest BCUT2D eigenvalue weighted by molar-refractivity contribution is 0.142. The zero-order chi connectivity index (χ0) is 29.1. The fraction of sp³-hybridized carbons (Fsp3) is 0.323. The minimum absolute atomic E-state index is 0.220. The van der Waals surface area contributed by atoms with E-state index in [9.17, 15) is 19.1 Å². The standard InChI is InChI=1S/C31H32FN7O3/c32-23-9-5-21(6-10-23)26-19-28(26)33-13-1-3-24-20-39(25-11-7-22(8-12-25)27-4-2-14-34-36-27)30(40)29(35-24)37-15-17-38(18-16-37)31(41)42/h2,4-12,14,20,26,28,33H,1,3,13,15-19H2,(H,41,42)/t26-,28+/m0/s1. The summed E-state index contributed by atoms with van der Waals surface area (Å²) in [5, 5.41) is 21.0. The van der Waals surface area contributed by atoms with Gasteiger partial charge in [0.05, 0.1) is 11.4 Å². The minimum Gasteiger partial charge on any atom is -0.465 e. The smallest absolute Gasteiger partial charge is 0.407 e. The molecule has 0 bridgehead atoms. The number of nitrogens with zero attached hydrogens (tertiary/aromatic N) is 6. The van der Waals surface area contributed by atoms with Crippen molar-refractivity contribution in [3.05, 3.63) is 100 Å². The van der Waals surface area contributed by atoms with Gasteiger partial charge in [-0.3, -0.25) is 9.36 Å². The Morgan fingerprint density at radius 3 is 2.48 bits per heavy atom. The molecule has 1 saturated carbocycles. The summed E-state index contributed by atoms with van der Waals surface area (Å²) in [6.45, 7) is 2.22. The van der Waals surface area contributed by atoms with Crippen LogP contribution in [0.1, 0.15) is 30.0 Å². The van der Waals surface area contributed by atoms with E-state index in [0.717, 1.165) is 41.9 Å². The van der Waals surface area contributed by atoms with Crippen molar-refractivity contribution in [3.63, 3.8) is 0 Å². The summed E-state index contributed by atoms with van der Waals surface area (Å²) in [4.78, 5) is 33.1. The maximum Gasteiger partial charge on any atom is 0.407 e. The van der Waals surface area contributed by atoms with Crippen molar-refractivity contribution in [2.75, 3.05) is 37.6 Å². The lowest BCUT2D eigenvalue weighted by Crippen LogP contribution is -2.50. The van der Waals surface area contributed by atoms with Crippen LogP contribution < -0.4 is 15.8 Å². The highest BCUT2D eigenvalue weighted by Gasteiger charge is 2.37. The van der Waals surface area contributed by atoms with Crippen molar-refractivity contribution < 1.29 is 14.3 Å². The van der Waals surface area contributed by atoms with E-state index in [2.05, 4.69) is 15.5 Å². The normalized spacial score (nSPS) is 18.2. The van der Waals surface area contributed by atoms with Crippen molar-refractivity contribution in [2.45, 2.75) is 31.2 Å². The van der Waals surface area contributed by atoms with Crippen LogP contribution >= 0.6 is 0 Å². The van der Waals surface area contributed by atoms with Crippen LogP contribution in [0, 0.1) is 5.82 Å². The van der Waals surface area contributed by atoms with E-state index in [1.165, 1.54) is 17.0 Å². The second-order valence-electron chi connectivity index (χ2n) is 10.7. The van der Waals surface area contributed by atoms with Crippen LogP contribution in [-0.4, -0.2) is 74.6 Å². The van der Waals surface area contributed by atoms with E-state index in [-0.39, 0.29) is 11.4 Å². The molecule has 2 aliphatic rings. The van der Waals surface area contributed by atoms with E-state index in [1.807, 2.05) is 53.4 Å². The molecule has 2 N–H and O–H groups in total. The summed E-state index contributed by atoms with van der Waals surface area (Å²) in [6.07, 6.45) is 5.00. The third kappa shape index (κ3) is 6.15. The first-order valence-electron chi connectivity index (χ1n) is 14.2. The van der Waals surface area contributed by atoms with E-state index in [0.29, 0.717) is 56.1 Å². The van der Waals surface area contributed by atoms with Crippen LogP contribution in [0.15, 0.2) is 77.9 Å². The predicted octanol–water partition coefficient (Wildman–Crippen LogP) is 3.71. The number of halogens is 1. The largest absolute Gasteiger partial charge is 0.465 e. The first-order chi connectivity index (χ1) is 20.5. The number of aryl methyl sites for hydroxylation is 1. The summed E-state index contributed by atoms with van der Waals surface area (Å²) < 4.78 is 14.9. The van der Waals surface area contributed by atoms with Gasteiger partial charge in [-0.2, -0.15) is 10.2 Å². The molecule has 42 heavy (non-hydrogen) atoms. The number of benzene rings is 2. The molecule has 2 aromatic carbocycles. The number of nitrogens with one attached hydrogen (secondary N) is 1. The fourth-order valence-electron chi connectivity index (χ4n) is 5.46. The second-order valence-corrected chi connectivity index (χ2v) is 10.7.